The molecule has 1 aromatic heterocycles. The molecule has 2 fully saturated rings. The van der Waals surface area contributed by atoms with E-state index in [1.807, 2.05) is 4.57 Å². The first-order valence-electron chi connectivity index (χ1n) is 5.53. The summed E-state index contributed by atoms with van der Waals surface area (Å²) in [5.41, 5.74) is -0.00519. The molecule has 0 radical (unpaired) electrons. The third kappa shape index (κ3) is 1.21. The van der Waals surface area contributed by atoms with Crippen molar-refractivity contribution in [3.05, 3.63) is 16.3 Å². The van der Waals surface area contributed by atoms with Crippen molar-refractivity contribution in [3.63, 3.8) is 0 Å². The first-order chi connectivity index (χ1) is 6.86. The van der Waals surface area contributed by atoms with Gasteiger partial charge in [-0.05, 0) is 25.7 Å². The van der Waals surface area contributed by atoms with Crippen LogP contribution in [0.5, 0.6) is 0 Å². The van der Waals surface area contributed by atoms with Gasteiger partial charge in [-0.3, -0.25) is 4.57 Å². The fourth-order valence-corrected chi connectivity index (χ4v) is 2.47. The van der Waals surface area contributed by atoms with Crippen molar-refractivity contribution in [1.82, 2.24) is 14.8 Å². The van der Waals surface area contributed by atoms with Gasteiger partial charge in [-0.15, -0.1) is 0 Å². The van der Waals surface area contributed by atoms with Crippen molar-refractivity contribution in [2.75, 3.05) is 0 Å². The minimum Gasteiger partial charge on any atom is -0.276 e. The maximum Gasteiger partial charge on any atom is 0.343 e. The minimum absolute atomic E-state index is 0.00519. The second-order valence-electron chi connectivity index (χ2n) is 4.47. The Balaban J connectivity index is 1.99. The summed E-state index contributed by atoms with van der Waals surface area (Å²) < 4.78 is 1.90. The minimum atomic E-state index is -0.00519. The molecule has 0 spiro atoms. The van der Waals surface area contributed by atoms with Crippen LogP contribution in [0, 0.1) is 0 Å². The summed E-state index contributed by atoms with van der Waals surface area (Å²) in [7, 11) is 0. The topological polar surface area (TPSA) is 50.7 Å². The molecule has 0 atom stereocenters. The summed E-state index contributed by atoms with van der Waals surface area (Å²) in [6.45, 7) is 0. The summed E-state index contributed by atoms with van der Waals surface area (Å²) in [6, 6.07) is 0.455. The van der Waals surface area contributed by atoms with Crippen molar-refractivity contribution in [2.24, 2.45) is 0 Å². The quantitative estimate of drug-likeness (QED) is 0.775. The van der Waals surface area contributed by atoms with E-state index in [0.717, 1.165) is 18.7 Å². The van der Waals surface area contributed by atoms with E-state index >= 15 is 0 Å². The molecule has 4 heteroatoms. The predicted molar refractivity (Wildman–Crippen MR) is 52.3 cm³/mol. The van der Waals surface area contributed by atoms with E-state index in [2.05, 4.69) is 10.2 Å². The van der Waals surface area contributed by atoms with Gasteiger partial charge in [-0.1, -0.05) is 12.8 Å². The lowest BCUT2D eigenvalue weighted by atomic mass is 10.1. The van der Waals surface area contributed by atoms with Crippen LogP contribution < -0.4 is 5.69 Å². The molecule has 2 saturated carbocycles. The second-order valence-corrected chi connectivity index (χ2v) is 4.47. The smallest absolute Gasteiger partial charge is 0.276 e. The van der Waals surface area contributed by atoms with E-state index < -0.39 is 0 Å². The van der Waals surface area contributed by atoms with Crippen LogP contribution in [0.2, 0.25) is 0 Å². The SMILES string of the molecule is O=c1[nH]nc(C2CCCC2)n1C1CC1. The van der Waals surface area contributed by atoms with E-state index in [4.69, 9.17) is 0 Å². The zero-order valence-electron chi connectivity index (χ0n) is 8.20. The van der Waals surface area contributed by atoms with Gasteiger partial charge in [0, 0.05) is 12.0 Å². The molecule has 0 bridgehead atoms. The summed E-state index contributed by atoms with van der Waals surface area (Å²) in [4.78, 5) is 11.5. The van der Waals surface area contributed by atoms with Crippen molar-refractivity contribution >= 4 is 0 Å². The van der Waals surface area contributed by atoms with Gasteiger partial charge in [0.15, 0.2) is 0 Å². The van der Waals surface area contributed by atoms with Crippen molar-refractivity contribution in [3.8, 4) is 0 Å². The van der Waals surface area contributed by atoms with E-state index in [-0.39, 0.29) is 5.69 Å². The number of nitrogens with one attached hydrogen (secondary N) is 1. The maximum absolute atomic E-state index is 11.5. The summed E-state index contributed by atoms with van der Waals surface area (Å²) in [5, 5.41) is 6.78. The molecule has 0 amide bonds. The number of H-pyrrole nitrogens is 1. The fourth-order valence-electron chi connectivity index (χ4n) is 2.47. The molecule has 4 nitrogen and oxygen atoms in total. The van der Waals surface area contributed by atoms with Crippen LogP contribution in [0.25, 0.3) is 0 Å². The van der Waals surface area contributed by atoms with E-state index in [0.29, 0.717) is 12.0 Å². The van der Waals surface area contributed by atoms with Crippen molar-refractivity contribution in [2.45, 2.75) is 50.5 Å². The van der Waals surface area contributed by atoms with Gasteiger partial charge in [0.05, 0.1) is 0 Å². The third-order valence-electron chi connectivity index (χ3n) is 3.36. The monoisotopic (exact) mass is 193 g/mol. The zero-order chi connectivity index (χ0) is 9.54. The lowest BCUT2D eigenvalue weighted by Crippen LogP contribution is -2.18. The largest absolute Gasteiger partial charge is 0.343 e. The molecular formula is C10H15N3O. The van der Waals surface area contributed by atoms with Gasteiger partial charge in [0.25, 0.3) is 0 Å². The molecule has 1 heterocycles. The predicted octanol–water partition coefficient (Wildman–Crippen LogP) is 1.56. The Labute approximate surface area is 82.3 Å². The highest BCUT2D eigenvalue weighted by atomic mass is 16.1. The Hall–Kier alpha value is -1.06. The molecule has 1 aromatic rings. The van der Waals surface area contributed by atoms with Gasteiger partial charge >= 0.3 is 5.69 Å². The van der Waals surface area contributed by atoms with Gasteiger partial charge in [-0.2, -0.15) is 5.10 Å². The standard InChI is InChI=1S/C10H15N3O/c14-10-12-11-9(7-3-1-2-4-7)13(10)8-5-6-8/h7-8H,1-6H2,(H,12,14). The number of aromatic amines is 1. The average Bonchev–Trinajstić information content (AvgIpc) is 2.75. The highest BCUT2D eigenvalue weighted by Gasteiger charge is 2.32. The van der Waals surface area contributed by atoms with Crippen LogP contribution in [-0.4, -0.2) is 14.8 Å². The fraction of sp³-hybridized carbons (Fsp3) is 0.800. The Kier molecular flexibility index (Phi) is 1.75. The first kappa shape index (κ1) is 8.26. The lowest BCUT2D eigenvalue weighted by Gasteiger charge is -2.09. The third-order valence-corrected chi connectivity index (χ3v) is 3.36. The van der Waals surface area contributed by atoms with Crippen LogP contribution in [0.15, 0.2) is 4.79 Å². The van der Waals surface area contributed by atoms with Crippen molar-refractivity contribution < 1.29 is 0 Å². The summed E-state index contributed by atoms with van der Waals surface area (Å²) in [6.07, 6.45) is 7.29. The normalized spacial score (nSPS) is 23.1. The molecule has 0 saturated heterocycles. The molecular weight excluding hydrogens is 178 g/mol. The number of rotatable bonds is 2. The summed E-state index contributed by atoms with van der Waals surface area (Å²) >= 11 is 0. The van der Waals surface area contributed by atoms with Crippen LogP contribution in [0.1, 0.15) is 56.3 Å². The number of hydrogen-bond donors (Lipinski definition) is 1. The highest BCUT2D eigenvalue weighted by Crippen LogP contribution is 2.39. The van der Waals surface area contributed by atoms with Crippen LogP contribution >= 0.6 is 0 Å². The van der Waals surface area contributed by atoms with E-state index in [1.54, 1.807) is 0 Å². The molecule has 2 aliphatic carbocycles. The molecule has 3 rings (SSSR count). The van der Waals surface area contributed by atoms with Crippen LogP contribution in [0.4, 0.5) is 0 Å². The lowest BCUT2D eigenvalue weighted by molar-refractivity contribution is 0.583. The zero-order valence-corrected chi connectivity index (χ0v) is 8.20. The Morgan fingerprint density at radius 3 is 2.57 bits per heavy atom. The maximum atomic E-state index is 11.5. The average molecular weight is 193 g/mol. The van der Waals surface area contributed by atoms with Gasteiger partial charge in [0.2, 0.25) is 0 Å². The molecule has 0 aliphatic heterocycles. The van der Waals surface area contributed by atoms with Crippen LogP contribution in [-0.2, 0) is 0 Å². The van der Waals surface area contributed by atoms with Gasteiger partial charge in [0.1, 0.15) is 5.82 Å². The first-order valence-corrected chi connectivity index (χ1v) is 5.53. The van der Waals surface area contributed by atoms with Gasteiger partial charge in [-0.25, -0.2) is 9.89 Å². The van der Waals surface area contributed by atoms with E-state index in [1.165, 1.54) is 25.7 Å². The molecule has 0 aromatic carbocycles. The van der Waals surface area contributed by atoms with Crippen molar-refractivity contribution in [1.29, 1.82) is 0 Å². The molecule has 2 aliphatic rings. The summed E-state index contributed by atoms with van der Waals surface area (Å²) in [5.74, 6) is 1.56. The molecule has 14 heavy (non-hydrogen) atoms. The molecule has 0 unspecified atom stereocenters. The molecule has 76 valence electrons. The van der Waals surface area contributed by atoms with E-state index in [9.17, 15) is 4.79 Å². The van der Waals surface area contributed by atoms with Crippen LogP contribution in [0.3, 0.4) is 0 Å². The highest BCUT2D eigenvalue weighted by molar-refractivity contribution is 5.03. The number of nitrogens with zero attached hydrogens (tertiary/aromatic N) is 2. The van der Waals surface area contributed by atoms with Gasteiger partial charge < -0.3 is 0 Å². The Morgan fingerprint density at radius 2 is 1.93 bits per heavy atom. The molecule has 1 N–H and O–H groups in total. The Bertz CT molecular complexity index is 382. The second kappa shape index (κ2) is 2.97. The number of aromatic nitrogens is 3. The number of hydrogen-bond acceptors (Lipinski definition) is 2. The Morgan fingerprint density at radius 1 is 1.21 bits per heavy atom.